The van der Waals surface area contributed by atoms with Crippen LogP contribution in [-0.4, -0.2) is 38.0 Å². The molecule has 8 nitrogen and oxygen atoms in total. The van der Waals surface area contributed by atoms with E-state index in [9.17, 15) is 0 Å². The lowest BCUT2D eigenvalue weighted by Crippen LogP contribution is -2.32. The first kappa shape index (κ1) is 18.1. The van der Waals surface area contributed by atoms with Gasteiger partial charge in [0.25, 0.3) is 0 Å². The Morgan fingerprint density at radius 2 is 2.07 bits per heavy atom. The number of aryl methyl sites for hydroxylation is 1. The number of anilines is 1. The van der Waals surface area contributed by atoms with Crippen molar-refractivity contribution in [2.24, 2.45) is 0 Å². The molecule has 0 spiro atoms. The highest BCUT2D eigenvalue weighted by atomic mass is 32.2. The molecule has 4 rings (SSSR count). The first-order chi connectivity index (χ1) is 13.2. The number of hydrogen-bond acceptors (Lipinski definition) is 8. The van der Waals surface area contributed by atoms with Crippen LogP contribution in [0.2, 0.25) is 0 Å². The van der Waals surface area contributed by atoms with Gasteiger partial charge in [-0.15, -0.1) is 10.2 Å². The number of hydrogen-bond donors (Lipinski definition) is 0. The smallest absolute Gasteiger partial charge is 0.239 e. The Bertz CT molecular complexity index is 853. The molecule has 0 N–H and O–H groups in total. The predicted octanol–water partition coefficient (Wildman–Crippen LogP) is 3.71. The van der Waals surface area contributed by atoms with Crippen LogP contribution in [0.25, 0.3) is 0 Å². The van der Waals surface area contributed by atoms with E-state index >= 15 is 0 Å². The van der Waals surface area contributed by atoms with E-state index in [1.165, 1.54) is 19.3 Å². The first-order valence-corrected chi connectivity index (χ1v) is 10.3. The number of furan rings is 1. The van der Waals surface area contributed by atoms with Crippen molar-refractivity contribution in [2.75, 3.05) is 18.0 Å². The third-order valence-corrected chi connectivity index (χ3v) is 5.73. The van der Waals surface area contributed by atoms with Crippen LogP contribution in [0.5, 0.6) is 0 Å². The maximum Gasteiger partial charge on any atom is 0.239 e. The van der Waals surface area contributed by atoms with E-state index in [1.807, 2.05) is 26.0 Å². The largest absolute Gasteiger partial charge is 0.467 e. The zero-order valence-electron chi connectivity index (χ0n) is 15.7. The minimum absolute atomic E-state index is 0.00782. The Balaban J connectivity index is 1.59. The molecule has 3 aromatic rings. The minimum Gasteiger partial charge on any atom is -0.467 e. The van der Waals surface area contributed by atoms with Crippen LogP contribution in [0.15, 0.2) is 32.5 Å². The van der Waals surface area contributed by atoms with E-state index < -0.39 is 0 Å². The van der Waals surface area contributed by atoms with Gasteiger partial charge in [0, 0.05) is 19.5 Å². The monoisotopic (exact) mass is 388 g/mol. The lowest BCUT2D eigenvalue weighted by atomic mass is 10.1. The third-order valence-electron chi connectivity index (χ3n) is 4.66. The van der Waals surface area contributed by atoms with Gasteiger partial charge in [0.1, 0.15) is 5.76 Å². The summed E-state index contributed by atoms with van der Waals surface area (Å²) < 4.78 is 13.1. The fourth-order valence-electron chi connectivity index (χ4n) is 3.18. The van der Waals surface area contributed by atoms with Crippen LogP contribution >= 0.6 is 11.8 Å². The van der Waals surface area contributed by atoms with Crippen molar-refractivity contribution in [3.05, 3.63) is 35.9 Å². The van der Waals surface area contributed by atoms with Crippen molar-refractivity contribution in [3.8, 4) is 0 Å². The molecule has 1 atom stereocenters. The molecule has 0 aliphatic carbocycles. The molecule has 1 saturated heterocycles. The van der Waals surface area contributed by atoms with Crippen LogP contribution in [0, 0.1) is 0 Å². The summed E-state index contributed by atoms with van der Waals surface area (Å²) >= 11 is 1.58. The average molecular weight is 388 g/mol. The van der Waals surface area contributed by atoms with Crippen molar-refractivity contribution < 1.29 is 8.94 Å². The Kier molecular flexibility index (Phi) is 5.47. The highest BCUT2D eigenvalue weighted by molar-refractivity contribution is 7.99. The number of thioether (sulfide) groups is 1. The summed E-state index contributed by atoms with van der Waals surface area (Å²) in [6.07, 6.45) is 6.11. The van der Waals surface area contributed by atoms with Crippen molar-refractivity contribution >= 4 is 17.7 Å². The van der Waals surface area contributed by atoms with Gasteiger partial charge in [0.2, 0.25) is 11.8 Å². The molecule has 0 radical (unpaired) electrons. The van der Waals surface area contributed by atoms with Gasteiger partial charge >= 0.3 is 0 Å². The quantitative estimate of drug-likeness (QED) is 0.566. The molecular formula is C18H24N6O2S. The highest BCUT2D eigenvalue weighted by Crippen LogP contribution is 2.35. The van der Waals surface area contributed by atoms with E-state index in [0.29, 0.717) is 12.4 Å². The van der Waals surface area contributed by atoms with Crippen LogP contribution in [0.4, 0.5) is 5.95 Å². The summed E-state index contributed by atoms with van der Waals surface area (Å²) in [5, 5.41) is 13.8. The van der Waals surface area contributed by atoms with Crippen LogP contribution in [-0.2, 0) is 13.0 Å². The van der Waals surface area contributed by atoms with Gasteiger partial charge in [-0.3, -0.25) is 4.57 Å². The Labute approximate surface area is 162 Å². The van der Waals surface area contributed by atoms with Gasteiger partial charge in [-0.25, -0.2) is 0 Å². The Hall–Kier alpha value is -2.29. The predicted molar refractivity (Wildman–Crippen MR) is 102 cm³/mol. The van der Waals surface area contributed by atoms with Crippen molar-refractivity contribution in [3.63, 3.8) is 0 Å². The van der Waals surface area contributed by atoms with Crippen molar-refractivity contribution in [1.82, 2.24) is 24.9 Å². The fraction of sp³-hybridized carbons (Fsp3) is 0.556. The molecule has 1 aliphatic heterocycles. The van der Waals surface area contributed by atoms with Gasteiger partial charge in [-0.1, -0.05) is 23.8 Å². The van der Waals surface area contributed by atoms with Crippen LogP contribution < -0.4 is 4.90 Å². The first-order valence-electron chi connectivity index (χ1n) is 9.44. The molecule has 3 aromatic heterocycles. The van der Waals surface area contributed by atoms with Gasteiger partial charge in [-0.2, -0.15) is 4.98 Å². The van der Waals surface area contributed by atoms with Gasteiger partial charge in [0.05, 0.1) is 18.1 Å². The molecule has 144 valence electrons. The second kappa shape index (κ2) is 8.16. The molecule has 1 unspecified atom stereocenters. The maximum absolute atomic E-state index is 5.57. The summed E-state index contributed by atoms with van der Waals surface area (Å²) in [5.41, 5.74) is 0. The molecule has 0 aromatic carbocycles. The van der Waals surface area contributed by atoms with Crippen molar-refractivity contribution in [2.45, 2.75) is 56.5 Å². The normalized spacial score (nSPS) is 16.0. The molecule has 1 fully saturated rings. The summed E-state index contributed by atoms with van der Waals surface area (Å²) in [6.45, 7) is 6.69. The SMILES string of the molecule is CCc1noc(C(C)Sc2nnc(N3CCCCC3)n2Cc2ccco2)n1. The number of piperidine rings is 1. The van der Waals surface area contributed by atoms with Crippen LogP contribution in [0.3, 0.4) is 0 Å². The zero-order chi connectivity index (χ0) is 18.6. The molecular weight excluding hydrogens is 364 g/mol. The zero-order valence-corrected chi connectivity index (χ0v) is 16.5. The van der Waals surface area contributed by atoms with Gasteiger partial charge in [0.15, 0.2) is 11.0 Å². The van der Waals surface area contributed by atoms with E-state index in [1.54, 1.807) is 18.0 Å². The maximum atomic E-state index is 5.57. The molecule has 0 bridgehead atoms. The second-order valence-corrected chi connectivity index (χ2v) is 7.97. The summed E-state index contributed by atoms with van der Waals surface area (Å²) in [7, 11) is 0. The molecule has 0 amide bonds. The Morgan fingerprint density at radius 3 is 2.78 bits per heavy atom. The van der Waals surface area contributed by atoms with Gasteiger partial charge < -0.3 is 13.8 Å². The fourth-order valence-corrected chi connectivity index (χ4v) is 4.05. The lowest BCUT2D eigenvalue weighted by molar-refractivity contribution is 0.375. The van der Waals surface area contributed by atoms with E-state index in [-0.39, 0.29) is 5.25 Å². The number of nitrogens with zero attached hydrogens (tertiary/aromatic N) is 6. The standard InChI is InChI=1S/C18H24N6O2S/c1-3-15-19-16(26-22-15)13(2)27-18-21-20-17(23-9-5-4-6-10-23)24(18)12-14-8-7-11-25-14/h7-8,11,13H,3-6,9-10,12H2,1-2H3. The molecule has 4 heterocycles. The molecule has 27 heavy (non-hydrogen) atoms. The average Bonchev–Trinajstić information content (AvgIpc) is 3.44. The minimum atomic E-state index is -0.00782. The van der Waals surface area contributed by atoms with E-state index in [2.05, 4.69) is 29.8 Å². The van der Waals surface area contributed by atoms with E-state index in [0.717, 1.165) is 42.2 Å². The van der Waals surface area contributed by atoms with Gasteiger partial charge in [-0.05, 0) is 38.3 Å². The number of rotatable bonds is 7. The molecule has 9 heteroatoms. The second-order valence-electron chi connectivity index (χ2n) is 6.66. The lowest BCUT2D eigenvalue weighted by Gasteiger charge is -2.27. The molecule has 1 aliphatic rings. The highest BCUT2D eigenvalue weighted by Gasteiger charge is 2.24. The van der Waals surface area contributed by atoms with Crippen molar-refractivity contribution in [1.29, 1.82) is 0 Å². The third kappa shape index (κ3) is 4.02. The summed E-state index contributed by atoms with van der Waals surface area (Å²) in [5.74, 6) is 3.13. The summed E-state index contributed by atoms with van der Waals surface area (Å²) in [4.78, 5) is 6.76. The topological polar surface area (TPSA) is 86.0 Å². The molecule has 0 saturated carbocycles. The number of aromatic nitrogens is 5. The summed E-state index contributed by atoms with van der Waals surface area (Å²) in [6, 6.07) is 3.88. The van der Waals surface area contributed by atoms with Crippen LogP contribution in [0.1, 0.15) is 55.8 Å². The van der Waals surface area contributed by atoms with E-state index in [4.69, 9.17) is 8.94 Å². The Morgan fingerprint density at radius 1 is 1.22 bits per heavy atom.